The third-order valence-corrected chi connectivity index (χ3v) is 3.85. The molecule has 83 valence electrons. The Bertz CT molecular complexity index is 712. The van der Waals surface area contributed by atoms with Gasteiger partial charge in [0.15, 0.2) is 0 Å². The van der Waals surface area contributed by atoms with Crippen LogP contribution in [0.25, 0.3) is 21.5 Å². The summed E-state index contributed by atoms with van der Waals surface area (Å²) in [5.74, 6) is 2.57. The van der Waals surface area contributed by atoms with Gasteiger partial charge in [0, 0.05) is 37.2 Å². The Morgan fingerprint density at radius 1 is 0.778 bits per heavy atom. The average molecular weight is 369 g/mol. The molecule has 0 aliphatic rings. The fourth-order valence-electron chi connectivity index (χ4n) is 2.21. The number of hydrogen-bond donors (Lipinski definition) is 0. The molecule has 0 nitrogen and oxygen atoms in total. The maximum atomic E-state index is 7.51. The predicted octanol–water partition coefficient (Wildman–Crippen LogP) is 4.69. The largest absolute Gasteiger partial charge is 0.366 e. The SMILES string of the molecule is [C-]#Cc1c2ccccc2c(Br)c2ccccc12.[Y]. The van der Waals surface area contributed by atoms with Crippen LogP contribution in [0.2, 0.25) is 0 Å². The molecule has 0 saturated heterocycles. The molecule has 0 heterocycles. The van der Waals surface area contributed by atoms with Crippen molar-refractivity contribution >= 4 is 37.5 Å². The molecule has 0 bridgehead atoms. The normalized spacial score (nSPS) is 10.0. The van der Waals surface area contributed by atoms with Crippen LogP contribution in [0.1, 0.15) is 5.56 Å². The van der Waals surface area contributed by atoms with Crippen LogP contribution in [0, 0.1) is 12.3 Å². The fourth-order valence-corrected chi connectivity index (χ4v) is 2.90. The first-order valence-electron chi connectivity index (χ1n) is 5.34. The molecule has 3 aromatic carbocycles. The molecule has 0 atom stereocenters. The first-order chi connectivity index (χ1) is 8.33. The van der Waals surface area contributed by atoms with E-state index < -0.39 is 0 Å². The van der Waals surface area contributed by atoms with Gasteiger partial charge in [-0.25, -0.2) is 0 Å². The van der Waals surface area contributed by atoms with Gasteiger partial charge in [-0.15, -0.1) is 5.56 Å². The van der Waals surface area contributed by atoms with Crippen molar-refractivity contribution in [2.45, 2.75) is 0 Å². The van der Waals surface area contributed by atoms with Crippen LogP contribution >= 0.6 is 15.9 Å². The third-order valence-electron chi connectivity index (χ3n) is 2.99. The average Bonchev–Trinajstić information content (AvgIpc) is 2.40. The van der Waals surface area contributed by atoms with Gasteiger partial charge in [0.1, 0.15) is 0 Å². The molecule has 1 radical (unpaired) electrons. The van der Waals surface area contributed by atoms with E-state index >= 15 is 0 Å². The Labute approximate surface area is 140 Å². The predicted molar refractivity (Wildman–Crippen MR) is 75.4 cm³/mol. The van der Waals surface area contributed by atoms with Gasteiger partial charge in [-0.1, -0.05) is 59.3 Å². The zero-order chi connectivity index (χ0) is 11.8. The van der Waals surface area contributed by atoms with Gasteiger partial charge < -0.3 is 6.42 Å². The molecule has 0 aliphatic carbocycles. The van der Waals surface area contributed by atoms with E-state index in [4.69, 9.17) is 6.42 Å². The molecular weight excluding hydrogens is 361 g/mol. The minimum absolute atomic E-state index is 0. The summed E-state index contributed by atoms with van der Waals surface area (Å²) in [6.45, 7) is 0. The molecular formula is C16H8BrY-. The zero-order valence-electron chi connectivity index (χ0n) is 9.57. The van der Waals surface area contributed by atoms with E-state index in [1.165, 1.54) is 0 Å². The van der Waals surface area contributed by atoms with Crippen molar-refractivity contribution < 1.29 is 32.7 Å². The van der Waals surface area contributed by atoms with Crippen LogP contribution in [0.4, 0.5) is 0 Å². The Kier molecular flexibility index (Phi) is 4.23. The number of rotatable bonds is 0. The molecule has 0 spiro atoms. The van der Waals surface area contributed by atoms with Gasteiger partial charge in [0.25, 0.3) is 0 Å². The molecule has 18 heavy (non-hydrogen) atoms. The Balaban J connectivity index is 0.00000120. The van der Waals surface area contributed by atoms with Gasteiger partial charge in [0.2, 0.25) is 0 Å². The number of hydrogen-bond acceptors (Lipinski definition) is 0. The molecule has 0 fully saturated rings. The summed E-state index contributed by atoms with van der Waals surface area (Å²) in [5.41, 5.74) is 0.861. The Hall–Kier alpha value is -0.676. The van der Waals surface area contributed by atoms with Gasteiger partial charge in [-0.3, -0.25) is 5.92 Å². The van der Waals surface area contributed by atoms with Gasteiger partial charge in [-0.2, -0.15) is 0 Å². The maximum Gasteiger partial charge on any atom is 0.0302 e. The summed E-state index contributed by atoms with van der Waals surface area (Å²) in [6, 6.07) is 16.2. The zero-order valence-corrected chi connectivity index (χ0v) is 14.0. The number of fused-ring (bicyclic) bond motifs is 2. The van der Waals surface area contributed by atoms with E-state index in [1.54, 1.807) is 0 Å². The van der Waals surface area contributed by atoms with Crippen LogP contribution in [0.3, 0.4) is 0 Å². The molecule has 3 rings (SSSR count). The number of benzene rings is 3. The van der Waals surface area contributed by atoms with Gasteiger partial charge in [-0.05, 0) is 26.7 Å². The molecule has 0 aliphatic heterocycles. The van der Waals surface area contributed by atoms with Crippen molar-refractivity contribution in [2.24, 2.45) is 0 Å². The van der Waals surface area contributed by atoms with Crippen molar-refractivity contribution in [2.75, 3.05) is 0 Å². The standard InChI is InChI=1S/C16H8Br.Y/c1-2-11-12-7-3-5-9-14(12)16(17)15-10-6-4-8-13(11)15;/h3-10H;/q-1;. The minimum Gasteiger partial charge on any atom is -0.366 e. The van der Waals surface area contributed by atoms with Crippen molar-refractivity contribution in [3.63, 3.8) is 0 Å². The minimum atomic E-state index is 0. The summed E-state index contributed by atoms with van der Waals surface area (Å²) >= 11 is 3.66. The van der Waals surface area contributed by atoms with Gasteiger partial charge >= 0.3 is 0 Å². The van der Waals surface area contributed by atoms with E-state index in [2.05, 4.69) is 34.0 Å². The van der Waals surface area contributed by atoms with Crippen molar-refractivity contribution in [1.82, 2.24) is 0 Å². The smallest absolute Gasteiger partial charge is 0.0302 e. The topological polar surface area (TPSA) is 0 Å². The number of halogens is 1. The summed E-state index contributed by atoms with van der Waals surface area (Å²) < 4.78 is 1.09. The van der Waals surface area contributed by atoms with Crippen LogP contribution in [-0.4, -0.2) is 0 Å². The van der Waals surface area contributed by atoms with Gasteiger partial charge in [0.05, 0.1) is 0 Å². The molecule has 0 aromatic heterocycles. The second-order valence-electron chi connectivity index (χ2n) is 3.91. The Morgan fingerprint density at radius 3 is 1.56 bits per heavy atom. The van der Waals surface area contributed by atoms with Crippen LogP contribution in [-0.2, 0) is 32.7 Å². The summed E-state index contributed by atoms with van der Waals surface area (Å²) in [6.07, 6.45) is 7.51. The second kappa shape index (κ2) is 5.53. The van der Waals surface area contributed by atoms with Crippen molar-refractivity contribution in [1.29, 1.82) is 0 Å². The van der Waals surface area contributed by atoms with Crippen LogP contribution < -0.4 is 0 Å². The quantitative estimate of drug-likeness (QED) is 0.307. The monoisotopic (exact) mass is 368 g/mol. The maximum absolute atomic E-state index is 7.51. The Morgan fingerprint density at radius 2 is 1.17 bits per heavy atom. The van der Waals surface area contributed by atoms with Crippen LogP contribution in [0.15, 0.2) is 53.0 Å². The molecule has 2 heteroatoms. The van der Waals surface area contributed by atoms with E-state index in [1.807, 2.05) is 36.4 Å². The third kappa shape index (κ3) is 2.03. The summed E-state index contributed by atoms with van der Waals surface area (Å²) in [4.78, 5) is 0. The van der Waals surface area contributed by atoms with E-state index in [0.29, 0.717) is 0 Å². The van der Waals surface area contributed by atoms with E-state index in [9.17, 15) is 0 Å². The van der Waals surface area contributed by atoms with E-state index in [-0.39, 0.29) is 32.7 Å². The first-order valence-corrected chi connectivity index (χ1v) is 6.14. The second-order valence-corrected chi connectivity index (χ2v) is 4.70. The molecule has 3 aromatic rings. The molecule has 0 unspecified atom stereocenters. The molecule has 0 N–H and O–H groups in total. The summed E-state index contributed by atoms with van der Waals surface area (Å²) in [7, 11) is 0. The van der Waals surface area contributed by atoms with E-state index in [0.717, 1.165) is 31.6 Å². The summed E-state index contributed by atoms with van der Waals surface area (Å²) in [5, 5.41) is 4.38. The molecule has 0 amide bonds. The van der Waals surface area contributed by atoms with Crippen molar-refractivity contribution in [3.8, 4) is 5.92 Å². The van der Waals surface area contributed by atoms with Crippen LogP contribution in [0.5, 0.6) is 0 Å². The fraction of sp³-hybridized carbons (Fsp3) is 0. The molecule has 0 saturated carbocycles. The first kappa shape index (κ1) is 13.7. The van der Waals surface area contributed by atoms with Crippen molar-refractivity contribution in [3.05, 3.63) is 65.0 Å².